The number of ether oxygens (including phenoxy) is 1. The lowest BCUT2D eigenvalue weighted by Crippen LogP contribution is -2.56. The van der Waals surface area contributed by atoms with Crippen molar-refractivity contribution < 1.29 is 50.1 Å². The van der Waals surface area contributed by atoms with E-state index in [1.54, 1.807) is 24.3 Å². The van der Waals surface area contributed by atoms with Gasteiger partial charge < -0.3 is 50.0 Å². The molecule has 0 bridgehead atoms. The topological polar surface area (TPSA) is 234 Å². The van der Waals surface area contributed by atoms with Crippen LogP contribution in [0, 0.1) is 0 Å². The summed E-state index contributed by atoms with van der Waals surface area (Å²) in [6.07, 6.45) is -6.33. The number of benzene rings is 3. The van der Waals surface area contributed by atoms with Gasteiger partial charge in [0.2, 0.25) is 0 Å². The van der Waals surface area contributed by atoms with Gasteiger partial charge in [0.15, 0.2) is 6.23 Å². The molecular formula is C33H29N5O10. The van der Waals surface area contributed by atoms with Gasteiger partial charge in [0.25, 0.3) is 11.8 Å². The van der Waals surface area contributed by atoms with E-state index in [4.69, 9.17) is 4.74 Å². The number of hydrazine groups is 1. The van der Waals surface area contributed by atoms with Gasteiger partial charge in [-0.3, -0.25) is 14.6 Å². The lowest BCUT2D eigenvalue weighted by molar-refractivity contribution is -0.249. The molecule has 3 aromatic carbocycles. The van der Waals surface area contributed by atoms with Crippen molar-refractivity contribution in [1.29, 1.82) is 0 Å². The van der Waals surface area contributed by atoms with Crippen LogP contribution < -0.4 is 5.43 Å². The second-order valence-corrected chi connectivity index (χ2v) is 12.0. The van der Waals surface area contributed by atoms with Crippen molar-refractivity contribution >= 4 is 55.4 Å². The number of aromatic nitrogens is 3. The number of aliphatic hydroxyl groups excluding tert-OH is 5. The summed E-state index contributed by atoms with van der Waals surface area (Å²) in [6, 6.07) is 12.1. The van der Waals surface area contributed by atoms with Crippen LogP contribution in [0.3, 0.4) is 0 Å². The van der Waals surface area contributed by atoms with Crippen molar-refractivity contribution in [3.05, 3.63) is 77.1 Å². The third-order valence-corrected chi connectivity index (χ3v) is 9.20. The number of imide groups is 1. The number of carbonyl (C=O) groups is 2. The Morgan fingerprint density at radius 3 is 2.29 bits per heavy atom. The van der Waals surface area contributed by atoms with Gasteiger partial charge in [-0.1, -0.05) is 0 Å². The molecule has 0 spiro atoms. The molecule has 0 unspecified atom stereocenters. The highest BCUT2D eigenvalue weighted by molar-refractivity contribution is 6.39. The fourth-order valence-corrected chi connectivity index (χ4v) is 7.01. The number of H-pyrrole nitrogens is 1. The second kappa shape index (κ2) is 11.0. The third-order valence-electron chi connectivity index (χ3n) is 9.20. The Kier molecular flexibility index (Phi) is 6.90. The molecule has 3 aromatic heterocycles. The first kappa shape index (κ1) is 30.2. The second-order valence-electron chi connectivity index (χ2n) is 12.0. The largest absolute Gasteiger partial charge is 0.508 e. The zero-order valence-corrected chi connectivity index (χ0v) is 24.9. The molecule has 9 N–H and O–H groups in total. The van der Waals surface area contributed by atoms with Gasteiger partial charge >= 0.3 is 0 Å². The number of aliphatic hydroxyl groups is 5. The maximum absolute atomic E-state index is 14.4. The predicted octanol–water partition coefficient (Wildman–Crippen LogP) is 1.00. The molecule has 2 amide bonds. The average molecular weight is 656 g/mol. The normalized spacial score (nSPS) is 22.9. The molecule has 0 aliphatic carbocycles. The summed E-state index contributed by atoms with van der Waals surface area (Å²) in [5.41, 5.74) is 5.32. The molecule has 48 heavy (non-hydrogen) atoms. The molecule has 246 valence electrons. The van der Waals surface area contributed by atoms with Crippen LogP contribution in [-0.4, -0.2) is 98.1 Å². The zero-order chi connectivity index (χ0) is 33.6. The van der Waals surface area contributed by atoms with Crippen LogP contribution in [-0.2, 0) is 17.9 Å². The summed E-state index contributed by atoms with van der Waals surface area (Å²) < 4.78 is 7.45. The fraction of sp³-hybridized carbons (Fsp3) is 0.242. The van der Waals surface area contributed by atoms with E-state index in [0.717, 1.165) is 5.01 Å². The number of phenolic OH excluding ortho intramolecular Hbond substituents is 2. The molecule has 2 aliphatic rings. The number of aromatic amines is 1. The maximum atomic E-state index is 14.4. The average Bonchev–Trinajstić information content (AvgIpc) is 3.69. The van der Waals surface area contributed by atoms with Crippen LogP contribution in [0.1, 0.15) is 38.2 Å². The van der Waals surface area contributed by atoms with Gasteiger partial charge in [-0.15, -0.1) is 0 Å². The molecule has 8 rings (SSSR count). The van der Waals surface area contributed by atoms with Crippen LogP contribution >= 0.6 is 0 Å². The van der Waals surface area contributed by atoms with Crippen molar-refractivity contribution in [3.63, 3.8) is 0 Å². The number of aromatic hydroxyl groups is 2. The standard InChI is InChI=1S/C33H29N5O10/c39-11-14-7-13(5-6-34-14)10-35-38-31(46)24-22-17-3-1-15(41)8-19(17)36-26(22)27-23(25(24)32(38)47)18-4-2-16(42)9-20(18)37(27)33-30(45)29(44)28(43)21(12-40)48-33/h1-9,21,28-30,33,35-36,39-45H,10-12H2/t21-,28-,29+,30-,33-/m1/s1. The highest BCUT2D eigenvalue weighted by atomic mass is 16.6. The Morgan fingerprint density at radius 2 is 1.56 bits per heavy atom. The van der Waals surface area contributed by atoms with Gasteiger partial charge in [-0.05, 0) is 42.0 Å². The quantitative estimate of drug-likeness (QED) is 0.114. The number of rotatable bonds is 6. The number of hydrogen-bond acceptors (Lipinski definition) is 12. The van der Waals surface area contributed by atoms with E-state index < -0.39 is 49.1 Å². The molecular weight excluding hydrogens is 626 g/mol. The van der Waals surface area contributed by atoms with E-state index in [-0.39, 0.29) is 52.2 Å². The van der Waals surface area contributed by atoms with Crippen LogP contribution in [0.2, 0.25) is 0 Å². The minimum atomic E-state index is -1.74. The Labute approximate surface area is 269 Å². The number of phenols is 2. The number of amides is 2. The number of nitrogens with zero attached hydrogens (tertiary/aromatic N) is 3. The molecule has 1 saturated heterocycles. The fourth-order valence-electron chi connectivity index (χ4n) is 7.01. The van der Waals surface area contributed by atoms with Crippen LogP contribution in [0.25, 0.3) is 43.6 Å². The first-order valence-corrected chi connectivity index (χ1v) is 15.1. The maximum Gasteiger partial charge on any atom is 0.276 e. The SMILES string of the molecule is O=C1c2c(c3c4ccc(O)cc4n([C@@H]4O[C@H](CO)[C@@H](O)[C@H](O)[C@H]4O)c3c3[nH]c4cc(O)ccc4c23)C(=O)N1NCc1ccnc(CO)c1. The monoisotopic (exact) mass is 655 g/mol. The van der Waals surface area contributed by atoms with Gasteiger partial charge in [0, 0.05) is 46.4 Å². The number of fused-ring (bicyclic) bond motifs is 10. The molecule has 15 nitrogen and oxygen atoms in total. The first-order chi connectivity index (χ1) is 23.1. The lowest BCUT2D eigenvalue weighted by atomic mass is 9.96. The first-order valence-electron chi connectivity index (χ1n) is 15.1. The summed E-state index contributed by atoms with van der Waals surface area (Å²) in [5.74, 6) is -1.57. The highest BCUT2D eigenvalue weighted by Crippen LogP contribution is 2.47. The summed E-state index contributed by atoms with van der Waals surface area (Å²) in [6.45, 7) is -0.943. The summed E-state index contributed by atoms with van der Waals surface area (Å²) in [4.78, 5) is 35.9. The van der Waals surface area contributed by atoms with Crippen molar-refractivity contribution in [2.24, 2.45) is 0 Å². The van der Waals surface area contributed by atoms with Crippen LogP contribution in [0.5, 0.6) is 11.5 Å². The van der Waals surface area contributed by atoms with E-state index in [1.165, 1.54) is 35.0 Å². The number of nitrogens with one attached hydrogen (secondary N) is 2. The van der Waals surface area contributed by atoms with Crippen LogP contribution in [0.15, 0.2) is 54.7 Å². The summed E-state index contributed by atoms with van der Waals surface area (Å²) in [7, 11) is 0. The van der Waals surface area contributed by atoms with Crippen molar-refractivity contribution in [1.82, 2.24) is 25.0 Å². The zero-order valence-electron chi connectivity index (χ0n) is 24.9. The minimum Gasteiger partial charge on any atom is -0.508 e. The molecule has 5 atom stereocenters. The molecule has 1 fully saturated rings. The molecule has 15 heteroatoms. The number of hydrogen-bond donors (Lipinski definition) is 9. The molecule has 5 heterocycles. The highest BCUT2D eigenvalue weighted by Gasteiger charge is 2.47. The van der Waals surface area contributed by atoms with E-state index in [0.29, 0.717) is 38.4 Å². The summed E-state index contributed by atoms with van der Waals surface area (Å²) >= 11 is 0. The minimum absolute atomic E-state index is 0.0220. The van der Waals surface area contributed by atoms with Crippen LogP contribution in [0.4, 0.5) is 0 Å². The lowest BCUT2D eigenvalue weighted by Gasteiger charge is -2.41. The molecule has 6 aromatic rings. The van der Waals surface area contributed by atoms with Crippen molar-refractivity contribution in [2.45, 2.75) is 43.8 Å². The van der Waals surface area contributed by atoms with Crippen molar-refractivity contribution in [2.75, 3.05) is 6.61 Å². The Balaban J connectivity index is 1.43. The Bertz CT molecular complexity index is 2310. The van der Waals surface area contributed by atoms with Gasteiger partial charge in [-0.25, -0.2) is 10.4 Å². The molecule has 0 saturated carbocycles. The van der Waals surface area contributed by atoms with Gasteiger partial charge in [0.05, 0.1) is 52.1 Å². The summed E-state index contributed by atoms with van der Waals surface area (Å²) in [5, 5.41) is 75.3. The Morgan fingerprint density at radius 1 is 0.854 bits per heavy atom. The van der Waals surface area contributed by atoms with E-state index in [1.807, 2.05) is 0 Å². The van der Waals surface area contributed by atoms with E-state index >= 15 is 0 Å². The van der Waals surface area contributed by atoms with Gasteiger partial charge in [-0.2, -0.15) is 0 Å². The van der Waals surface area contributed by atoms with Gasteiger partial charge in [0.1, 0.15) is 35.9 Å². The smallest absolute Gasteiger partial charge is 0.276 e. The molecule has 2 aliphatic heterocycles. The number of carbonyl (C=O) groups excluding carboxylic acids is 2. The number of pyridine rings is 1. The predicted molar refractivity (Wildman–Crippen MR) is 169 cm³/mol. The van der Waals surface area contributed by atoms with Crippen molar-refractivity contribution in [3.8, 4) is 11.5 Å². The van der Waals surface area contributed by atoms with E-state index in [2.05, 4.69) is 15.4 Å². The Hall–Kier alpha value is -5.13. The van der Waals surface area contributed by atoms with E-state index in [9.17, 15) is 45.3 Å². The molecule has 0 radical (unpaired) electrons. The third kappa shape index (κ3) is 4.23.